The number of likely N-dealkylation sites (tertiary alicyclic amines) is 1. The molecular formula is C22H24N4O4S2. The molecule has 1 aromatic heterocycles. The number of piperidine rings is 1. The molecule has 4 rings (SSSR count). The van der Waals surface area contributed by atoms with E-state index in [1.165, 1.54) is 11.3 Å². The highest BCUT2D eigenvalue weighted by atomic mass is 32.2. The van der Waals surface area contributed by atoms with Crippen molar-refractivity contribution in [2.75, 3.05) is 25.0 Å². The third-order valence-corrected chi connectivity index (χ3v) is 7.62. The van der Waals surface area contributed by atoms with E-state index in [1.807, 2.05) is 24.3 Å². The highest BCUT2D eigenvalue weighted by molar-refractivity contribution is 7.89. The summed E-state index contributed by atoms with van der Waals surface area (Å²) in [6.45, 7) is 0.894. The van der Waals surface area contributed by atoms with Crippen LogP contribution in [0, 0.1) is 5.92 Å². The molecule has 2 heterocycles. The maximum atomic E-state index is 12.6. The molecule has 1 aliphatic rings. The normalized spacial score (nSPS) is 16.8. The van der Waals surface area contributed by atoms with Crippen molar-refractivity contribution in [3.63, 3.8) is 0 Å². The number of aromatic nitrogens is 1. The molecule has 0 bridgehead atoms. The molecule has 1 saturated heterocycles. The number of sulfonamides is 1. The minimum absolute atomic E-state index is 0.000468. The SMILES string of the molecule is O=C(Nc1nccs1)C1CCCN(C(=O)CCNS(=O)(=O)c2ccc3ccccc3c2)C1. The molecule has 8 nitrogen and oxygen atoms in total. The molecule has 0 aliphatic carbocycles. The van der Waals surface area contributed by atoms with Crippen LogP contribution < -0.4 is 10.0 Å². The van der Waals surface area contributed by atoms with Gasteiger partial charge in [-0.05, 0) is 35.7 Å². The quantitative estimate of drug-likeness (QED) is 0.550. The molecule has 32 heavy (non-hydrogen) atoms. The van der Waals surface area contributed by atoms with Crippen molar-refractivity contribution in [2.24, 2.45) is 5.92 Å². The van der Waals surface area contributed by atoms with Crippen LogP contribution in [-0.2, 0) is 19.6 Å². The fourth-order valence-electron chi connectivity index (χ4n) is 3.78. The van der Waals surface area contributed by atoms with Crippen LogP contribution in [0.4, 0.5) is 5.13 Å². The average Bonchev–Trinajstić information content (AvgIpc) is 3.31. The number of amides is 2. The Morgan fingerprint density at radius 2 is 1.97 bits per heavy atom. The molecule has 2 amide bonds. The van der Waals surface area contributed by atoms with E-state index >= 15 is 0 Å². The maximum Gasteiger partial charge on any atom is 0.240 e. The van der Waals surface area contributed by atoms with Crippen molar-refractivity contribution in [2.45, 2.75) is 24.2 Å². The number of hydrogen-bond donors (Lipinski definition) is 2. The van der Waals surface area contributed by atoms with Gasteiger partial charge in [0.05, 0.1) is 10.8 Å². The van der Waals surface area contributed by atoms with E-state index in [-0.39, 0.29) is 35.6 Å². The molecule has 3 aromatic rings. The highest BCUT2D eigenvalue weighted by Gasteiger charge is 2.28. The van der Waals surface area contributed by atoms with Crippen molar-refractivity contribution >= 4 is 49.1 Å². The van der Waals surface area contributed by atoms with Gasteiger partial charge in [0.25, 0.3) is 0 Å². The van der Waals surface area contributed by atoms with Gasteiger partial charge in [-0.1, -0.05) is 30.3 Å². The van der Waals surface area contributed by atoms with E-state index in [0.717, 1.165) is 17.2 Å². The number of thiazole rings is 1. The Morgan fingerprint density at radius 1 is 1.16 bits per heavy atom. The van der Waals surface area contributed by atoms with Crippen LogP contribution in [0.5, 0.6) is 0 Å². The topological polar surface area (TPSA) is 108 Å². The third-order valence-electron chi connectivity index (χ3n) is 5.47. The van der Waals surface area contributed by atoms with Crippen LogP contribution in [0.2, 0.25) is 0 Å². The Kier molecular flexibility index (Phi) is 6.83. The monoisotopic (exact) mass is 472 g/mol. The van der Waals surface area contributed by atoms with Crippen LogP contribution in [0.1, 0.15) is 19.3 Å². The zero-order chi connectivity index (χ0) is 22.6. The minimum Gasteiger partial charge on any atom is -0.342 e. The molecule has 1 unspecified atom stereocenters. The van der Waals surface area contributed by atoms with Crippen LogP contribution in [0.3, 0.4) is 0 Å². The highest BCUT2D eigenvalue weighted by Crippen LogP contribution is 2.21. The summed E-state index contributed by atoms with van der Waals surface area (Å²) in [6.07, 6.45) is 3.09. The number of nitrogens with zero attached hydrogens (tertiary/aromatic N) is 2. The lowest BCUT2D eigenvalue weighted by Crippen LogP contribution is -2.44. The molecule has 0 spiro atoms. The Morgan fingerprint density at radius 3 is 2.75 bits per heavy atom. The Balaban J connectivity index is 1.30. The first kappa shape index (κ1) is 22.4. The second-order valence-corrected chi connectivity index (χ2v) is 10.3. The number of carbonyl (C=O) groups excluding carboxylic acids is 2. The number of anilines is 1. The summed E-state index contributed by atoms with van der Waals surface area (Å²) in [7, 11) is -3.72. The first-order chi connectivity index (χ1) is 15.4. The summed E-state index contributed by atoms with van der Waals surface area (Å²) >= 11 is 1.35. The molecule has 2 aromatic carbocycles. The average molecular weight is 473 g/mol. The number of nitrogens with one attached hydrogen (secondary N) is 2. The lowest BCUT2D eigenvalue weighted by molar-refractivity contribution is -0.134. The van der Waals surface area contributed by atoms with E-state index in [9.17, 15) is 18.0 Å². The number of rotatable bonds is 7. The number of benzene rings is 2. The molecule has 2 N–H and O–H groups in total. The van der Waals surface area contributed by atoms with Gasteiger partial charge in [0, 0.05) is 37.6 Å². The van der Waals surface area contributed by atoms with E-state index in [0.29, 0.717) is 24.6 Å². The lowest BCUT2D eigenvalue weighted by Gasteiger charge is -2.32. The van der Waals surface area contributed by atoms with Gasteiger partial charge < -0.3 is 10.2 Å². The van der Waals surface area contributed by atoms with Gasteiger partial charge in [-0.25, -0.2) is 18.1 Å². The van der Waals surface area contributed by atoms with Crippen molar-refractivity contribution in [1.82, 2.24) is 14.6 Å². The third kappa shape index (κ3) is 5.32. The molecular weight excluding hydrogens is 448 g/mol. The summed E-state index contributed by atoms with van der Waals surface area (Å²) in [6, 6.07) is 12.5. The van der Waals surface area contributed by atoms with E-state index in [4.69, 9.17) is 0 Å². The summed E-state index contributed by atoms with van der Waals surface area (Å²) in [5.74, 6) is -0.613. The summed E-state index contributed by atoms with van der Waals surface area (Å²) in [5, 5.41) is 6.90. The first-order valence-corrected chi connectivity index (χ1v) is 12.8. The van der Waals surface area contributed by atoms with Crippen LogP contribution >= 0.6 is 11.3 Å². The molecule has 1 atom stereocenters. The fraction of sp³-hybridized carbons (Fsp3) is 0.318. The molecule has 10 heteroatoms. The van der Waals surface area contributed by atoms with Gasteiger partial charge in [0.2, 0.25) is 21.8 Å². The number of carbonyl (C=O) groups is 2. The van der Waals surface area contributed by atoms with Crippen LogP contribution in [0.25, 0.3) is 10.8 Å². The van der Waals surface area contributed by atoms with Crippen LogP contribution in [0.15, 0.2) is 58.9 Å². The first-order valence-electron chi connectivity index (χ1n) is 10.4. The van der Waals surface area contributed by atoms with Gasteiger partial charge >= 0.3 is 0 Å². The second kappa shape index (κ2) is 9.76. The molecule has 0 radical (unpaired) electrons. The van der Waals surface area contributed by atoms with Crippen molar-refractivity contribution < 1.29 is 18.0 Å². The second-order valence-electron chi connectivity index (χ2n) is 7.66. The van der Waals surface area contributed by atoms with Crippen molar-refractivity contribution in [3.8, 4) is 0 Å². The molecule has 168 valence electrons. The largest absolute Gasteiger partial charge is 0.342 e. The van der Waals surface area contributed by atoms with Gasteiger partial charge in [-0.2, -0.15) is 0 Å². The predicted molar refractivity (Wildman–Crippen MR) is 124 cm³/mol. The molecule has 1 fully saturated rings. The molecule has 0 saturated carbocycles. The van der Waals surface area contributed by atoms with Gasteiger partial charge in [0.1, 0.15) is 0 Å². The number of hydrogen-bond acceptors (Lipinski definition) is 6. The van der Waals surface area contributed by atoms with Crippen LogP contribution in [-0.4, -0.2) is 49.8 Å². The minimum atomic E-state index is -3.72. The zero-order valence-electron chi connectivity index (χ0n) is 17.4. The predicted octanol–water partition coefficient (Wildman–Crippen LogP) is 2.84. The Bertz CT molecular complexity index is 1210. The fourth-order valence-corrected chi connectivity index (χ4v) is 5.38. The summed E-state index contributed by atoms with van der Waals surface area (Å²) in [5.41, 5.74) is 0. The lowest BCUT2D eigenvalue weighted by atomic mass is 9.97. The smallest absolute Gasteiger partial charge is 0.240 e. The summed E-state index contributed by atoms with van der Waals surface area (Å²) < 4.78 is 27.8. The maximum absolute atomic E-state index is 12.6. The van der Waals surface area contributed by atoms with Gasteiger partial charge in [-0.3, -0.25) is 9.59 Å². The standard InChI is InChI=1S/C22H24N4O4S2/c27-20(26-12-3-6-18(15-26)21(28)25-22-23-11-13-31-22)9-10-24-32(29,30)19-8-7-16-4-1-2-5-17(16)14-19/h1-2,4-5,7-8,11,13-14,18,24H,3,6,9-10,12,15H2,(H,23,25,28). The van der Waals surface area contributed by atoms with Crippen molar-refractivity contribution in [1.29, 1.82) is 0 Å². The number of fused-ring (bicyclic) bond motifs is 1. The van der Waals surface area contributed by atoms with Crippen molar-refractivity contribution in [3.05, 3.63) is 54.0 Å². The van der Waals surface area contributed by atoms with Gasteiger partial charge in [0.15, 0.2) is 5.13 Å². The van der Waals surface area contributed by atoms with E-state index in [2.05, 4.69) is 15.0 Å². The zero-order valence-corrected chi connectivity index (χ0v) is 19.0. The Labute approximate surface area is 190 Å². The van der Waals surface area contributed by atoms with Gasteiger partial charge in [-0.15, -0.1) is 11.3 Å². The Hall–Kier alpha value is -2.82. The van der Waals surface area contributed by atoms with E-state index in [1.54, 1.807) is 34.7 Å². The molecule has 1 aliphatic heterocycles. The van der Waals surface area contributed by atoms with E-state index < -0.39 is 10.0 Å². The summed E-state index contributed by atoms with van der Waals surface area (Å²) in [4.78, 5) is 30.9.